The molecule has 0 atom stereocenters. The van der Waals surface area contributed by atoms with Gasteiger partial charge < -0.3 is 10.2 Å². The molecular formula is C18H27IN4S. The zero-order valence-corrected chi connectivity index (χ0v) is 18.0. The molecule has 0 aliphatic carbocycles. The largest absolute Gasteiger partial charge is 0.356 e. The fraction of sp³-hybridized carbons (Fsp3) is 0.444. The van der Waals surface area contributed by atoms with Crippen LogP contribution < -0.4 is 5.32 Å². The average Bonchev–Trinajstić information content (AvgIpc) is 3.01. The van der Waals surface area contributed by atoms with Crippen molar-refractivity contribution < 1.29 is 0 Å². The van der Waals surface area contributed by atoms with Crippen LogP contribution in [0.4, 0.5) is 0 Å². The molecule has 2 rings (SSSR count). The van der Waals surface area contributed by atoms with Crippen molar-refractivity contribution in [1.82, 2.24) is 15.2 Å². The van der Waals surface area contributed by atoms with Crippen LogP contribution in [0.25, 0.3) is 0 Å². The van der Waals surface area contributed by atoms with Gasteiger partial charge in [0.2, 0.25) is 0 Å². The maximum absolute atomic E-state index is 4.46. The molecule has 0 amide bonds. The minimum Gasteiger partial charge on any atom is -0.356 e. The second-order valence-electron chi connectivity index (χ2n) is 5.64. The summed E-state index contributed by atoms with van der Waals surface area (Å²) in [6.07, 6.45) is 3.98. The van der Waals surface area contributed by atoms with Crippen LogP contribution in [-0.4, -0.2) is 36.5 Å². The fourth-order valence-electron chi connectivity index (χ4n) is 2.34. The van der Waals surface area contributed by atoms with Gasteiger partial charge in [-0.05, 0) is 18.9 Å². The summed E-state index contributed by atoms with van der Waals surface area (Å²) >= 11 is 1.80. The first-order valence-electron chi connectivity index (χ1n) is 8.03. The Bertz CT molecular complexity index is 637. The summed E-state index contributed by atoms with van der Waals surface area (Å²) in [6.45, 7) is 5.97. The molecule has 0 aliphatic rings. The van der Waals surface area contributed by atoms with Crippen LogP contribution >= 0.6 is 35.3 Å². The number of rotatable bonds is 6. The molecule has 0 spiro atoms. The Labute approximate surface area is 166 Å². The number of nitrogens with one attached hydrogen (secondary N) is 1. The van der Waals surface area contributed by atoms with Crippen LogP contribution in [-0.2, 0) is 19.4 Å². The van der Waals surface area contributed by atoms with Gasteiger partial charge in [-0.3, -0.25) is 4.99 Å². The highest BCUT2D eigenvalue weighted by Gasteiger charge is 2.07. The Morgan fingerprint density at radius 2 is 2.00 bits per heavy atom. The van der Waals surface area contributed by atoms with Crippen LogP contribution in [0.1, 0.15) is 27.9 Å². The van der Waals surface area contributed by atoms with Gasteiger partial charge in [0.05, 0.1) is 5.01 Å². The first-order valence-corrected chi connectivity index (χ1v) is 8.85. The summed E-state index contributed by atoms with van der Waals surface area (Å²) in [7, 11) is 3.89. The third-order valence-electron chi connectivity index (χ3n) is 3.69. The van der Waals surface area contributed by atoms with Crippen molar-refractivity contribution in [2.75, 3.05) is 20.6 Å². The zero-order valence-electron chi connectivity index (χ0n) is 14.9. The zero-order chi connectivity index (χ0) is 16.7. The molecular weight excluding hydrogens is 431 g/mol. The molecule has 1 heterocycles. The Hall–Kier alpha value is -1.15. The SMILES string of the molecule is CCc1cnc(CCNC(=NC)N(C)Cc2ccc(C)cc2)s1.I. The third kappa shape index (κ3) is 6.39. The predicted octanol–water partition coefficient (Wildman–Crippen LogP) is 3.88. The number of hydrogen-bond acceptors (Lipinski definition) is 3. The lowest BCUT2D eigenvalue weighted by molar-refractivity contribution is 0.477. The lowest BCUT2D eigenvalue weighted by Gasteiger charge is -2.22. The average molecular weight is 458 g/mol. The van der Waals surface area contributed by atoms with Crippen molar-refractivity contribution >= 4 is 41.3 Å². The smallest absolute Gasteiger partial charge is 0.193 e. The molecule has 0 aliphatic heterocycles. The van der Waals surface area contributed by atoms with E-state index in [-0.39, 0.29) is 24.0 Å². The van der Waals surface area contributed by atoms with Crippen molar-refractivity contribution in [2.24, 2.45) is 4.99 Å². The lowest BCUT2D eigenvalue weighted by atomic mass is 10.1. The Balaban J connectivity index is 0.00000288. The maximum atomic E-state index is 4.46. The van der Waals surface area contributed by atoms with Gasteiger partial charge in [-0.2, -0.15) is 0 Å². The molecule has 6 heteroatoms. The normalized spacial score (nSPS) is 11.1. The summed E-state index contributed by atoms with van der Waals surface area (Å²) in [4.78, 5) is 12.3. The molecule has 0 radical (unpaired) electrons. The van der Waals surface area contributed by atoms with E-state index < -0.39 is 0 Å². The molecule has 0 saturated heterocycles. The fourth-order valence-corrected chi connectivity index (χ4v) is 3.20. The second-order valence-corrected chi connectivity index (χ2v) is 6.84. The van der Waals surface area contributed by atoms with Crippen molar-refractivity contribution in [3.63, 3.8) is 0 Å². The van der Waals surface area contributed by atoms with E-state index in [1.807, 2.05) is 13.2 Å². The Kier molecular flexibility index (Phi) is 9.28. The standard InChI is InChI=1S/C18H26N4S.HI/c1-5-16-12-21-17(23-16)10-11-20-18(19-3)22(4)13-15-8-6-14(2)7-9-15;/h6-9,12H,5,10-11,13H2,1-4H3,(H,19,20);1H. The number of nitrogens with zero attached hydrogens (tertiary/aromatic N) is 3. The highest BCUT2D eigenvalue weighted by atomic mass is 127. The van der Waals surface area contributed by atoms with E-state index in [0.29, 0.717) is 0 Å². The van der Waals surface area contributed by atoms with E-state index in [2.05, 4.69) is 65.4 Å². The van der Waals surface area contributed by atoms with Crippen LogP contribution in [0.15, 0.2) is 35.5 Å². The molecule has 1 aromatic carbocycles. The van der Waals surface area contributed by atoms with Crippen molar-refractivity contribution in [3.8, 4) is 0 Å². The minimum absolute atomic E-state index is 0. The predicted molar refractivity (Wildman–Crippen MR) is 115 cm³/mol. The van der Waals surface area contributed by atoms with Crippen LogP contribution in [0.2, 0.25) is 0 Å². The number of aliphatic imine (C=N–C) groups is 1. The Morgan fingerprint density at radius 1 is 1.29 bits per heavy atom. The Morgan fingerprint density at radius 3 is 2.58 bits per heavy atom. The number of aromatic nitrogens is 1. The first kappa shape index (κ1) is 20.9. The van der Waals surface area contributed by atoms with E-state index in [4.69, 9.17) is 0 Å². The van der Waals surface area contributed by atoms with Gasteiger partial charge in [0, 0.05) is 44.7 Å². The van der Waals surface area contributed by atoms with Crippen LogP contribution in [0.3, 0.4) is 0 Å². The lowest BCUT2D eigenvalue weighted by Crippen LogP contribution is -2.39. The van der Waals surface area contributed by atoms with E-state index in [0.717, 1.165) is 31.9 Å². The number of thiazole rings is 1. The molecule has 1 aromatic heterocycles. The number of halogens is 1. The number of hydrogen-bond donors (Lipinski definition) is 1. The molecule has 0 bridgehead atoms. The molecule has 0 unspecified atom stereocenters. The van der Waals surface area contributed by atoms with E-state index in [1.165, 1.54) is 21.0 Å². The van der Waals surface area contributed by atoms with Gasteiger partial charge in [-0.15, -0.1) is 35.3 Å². The maximum Gasteiger partial charge on any atom is 0.193 e. The summed E-state index contributed by atoms with van der Waals surface area (Å²) in [5.41, 5.74) is 2.57. The quantitative estimate of drug-likeness (QED) is 0.406. The van der Waals surface area contributed by atoms with Gasteiger partial charge in [0.25, 0.3) is 0 Å². The molecule has 132 valence electrons. The van der Waals surface area contributed by atoms with Crippen molar-refractivity contribution in [3.05, 3.63) is 51.5 Å². The van der Waals surface area contributed by atoms with E-state index in [1.54, 1.807) is 11.3 Å². The van der Waals surface area contributed by atoms with Crippen LogP contribution in [0, 0.1) is 6.92 Å². The monoisotopic (exact) mass is 458 g/mol. The molecule has 2 aromatic rings. The summed E-state index contributed by atoms with van der Waals surface area (Å²) in [6, 6.07) is 8.63. The van der Waals surface area contributed by atoms with E-state index >= 15 is 0 Å². The number of guanidine groups is 1. The van der Waals surface area contributed by atoms with Gasteiger partial charge in [0.1, 0.15) is 0 Å². The number of benzene rings is 1. The highest BCUT2D eigenvalue weighted by molar-refractivity contribution is 14.0. The molecule has 1 N–H and O–H groups in total. The highest BCUT2D eigenvalue weighted by Crippen LogP contribution is 2.13. The second kappa shape index (κ2) is 10.7. The molecule has 0 saturated carbocycles. The third-order valence-corrected chi connectivity index (χ3v) is 4.89. The summed E-state index contributed by atoms with van der Waals surface area (Å²) in [5, 5.41) is 4.61. The summed E-state index contributed by atoms with van der Waals surface area (Å²) < 4.78 is 0. The molecule has 4 nitrogen and oxygen atoms in total. The van der Waals surface area contributed by atoms with Crippen LogP contribution in [0.5, 0.6) is 0 Å². The minimum atomic E-state index is 0. The van der Waals surface area contributed by atoms with Gasteiger partial charge in [-0.25, -0.2) is 4.98 Å². The van der Waals surface area contributed by atoms with Crippen molar-refractivity contribution in [1.29, 1.82) is 0 Å². The van der Waals surface area contributed by atoms with Gasteiger partial charge in [0.15, 0.2) is 5.96 Å². The number of aryl methyl sites for hydroxylation is 2. The van der Waals surface area contributed by atoms with Gasteiger partial charge >= 0.3 is 0 Å². The topological polar surface area (TPSA) is 40.5 Å². The molecule has 0 fully saturated rings. The molecule has 24 heavy (non-hydrogen) atoms. The summed E-state index contributed by atoms with van der Waals surface area (Å²) in [5.74, 6) is 0.915. The van der Waals surface area contributed by atoms with Crippen molar-refractivity contribution in [2.45, 2.75) is 33.2 Å². The van der Waals surface area contributed by atoms with E-state index in [9.17, 15) is 0 Å². The first-order chi connectivity index (χ1) is 11.1. The van der Waals surface area contributed by atoms with Gasteiger partial charge in [-0.1, -0.05) is 36.8 Å².